The molecule has 1 aliphatic rings. The van der Waals surface area contributed by atoms with E-state index in [0.717, 1.165) is 30.3 Å². The quantitative estimate of drug-likeness (QED) is 0.372. The van der Waals surface area contributed by atoms with Gasteiger partial charge in [-0.25, -0.2) is 14.8 Å². The van der Waals surface area contributed by atoms with Crippen LogP contribution in [0, 0.1) is 0 Å². The molecule has 2 N–H and O–H groups in total. The minimum absolute atomic E-state index is 0.162. The number of esters is 1. The van der Waals surface area contributed by atoms with Gasteiger partial charge in [0.2, 0.25) is 0 Å². The molecule has 0 spiro atoms. The Morgan fingerprint density at radius 2 is 1.97 bits per heavy atom. The van der Waals surface area contributed by atoms with Gasteiger partial charge in [0.1, 0.15) is 23.5 Å². The number of hydrogen-bond acceptors (Lipinski definition) is 6. The summed E-state index contributed by atoms with van der Waals surface area (Å²) >= 11 is 0. The topological polar surface area (TPSA) is 92.3 Å². The molecule has 0 unspecified atom stereocenters. The molecule has 3 aromatic rings. The fourth-order valence-corrected chi connectivity index (χ4v) is 3.82. The number of benzene rings is 1. The first-order valence-corrected chi connectivity index (χ1v) is 10.1. The number of anilines is 1. The Hall–Kier alpha value is -2.93. The van der Waals surface area contributed by atoms with Gasteiger partial charge < -0.3 is 19.8 Å². The zero-order valence-electron chi connectivity index (χ0n) is 16.7. The normalized spacial score (nSPS) is 14.3. The summed E-state index contributed by atoms with van der Waals surface area (Å²) in [7, 11) is 1.56. The van der Waals surface area contributed by atoms with Gasteiger partial charge in [-0.3, -0.25) is 0 Å². The monoisotopic (exact) mass is 394 g/mol. The predicted octanol–water partition coefficient (Wildman–Crippen LogP) is 3.86. The first kappa shape index (κ1) is 19.4. The highest BCUT2D eigenvalue weighted by Crippen LogP contribution is 2.30. The van der Waals surface area contributed by atoms with Crippen molar-refractivity contribution < 1.29 is 14.3 Å². The number of nitrogen functional groups attached to an aromatic ring is 1. The van der Waals surface area contributed by atoms with Crippen LogP contribution in [0.15, 0.2) is 35.9 Å². The molecule has 7 nitrogen and oxygen atoms in total. The lowest BCUT2D eigenvalue weighted by atomic mass is 9.97. The van der Waals surface area contributed by atoms with Crippen molar-refractivity contribution in [1.82, 2.24) is 14.5 Å². The largest absolute Gasteiger partial charge is 0.459 e. The number of rotatable bonds is 7. The van der Waals surface area contributed by atoms with Crippen molar-refractivity contribution in [2.75, 3.05) is 26.1 Å². The van der Waals surface area contributed by atoms with Crippen LogP contribution >= 0.6 is 0 Å². The van der Waals surface area contributed by atoms with E-state index in [1.54, 1.807) is 7.11 Å². The summed E-state index contributed by atoms with van der Waals surface area (Å²) in [6.07, 6.45) is 7.97. The van der Waals surface area contributed by atoms with Crippen LogP contribution in [0.25, 0.3) is 22.2 Å². The second-order valence-electron chi connectivity index (χ2n) is 7.28. The zero-order chi connectivity index (χ0) is 20.2. The molecule has 2 heterocycles. The number of carbonyl (C=O) groups excluding carboxylic acids is 1. The summed E-state index contributed by atoms with van der Waals surface area (Å²) in [4.78, 5) is 22.2. The second kappa shape index (κ2) is 8.61. The van der Waals surface area contributed by atoms with Gasteiger partial charge in [-0.15, -0.1) is 0 Å². The Morgan fingerprint density at radius 1 is 1.17 bits per heavy atom. The number of fused-ring (bicyclic) bond motifs is 2. The summed E-state index contributed by atoms with van der Waals surface area (Å²) in [5, 5.41) is 0. The molecule has 0 radical (unpaired) electrons. The lowest BCUT2D eigenvalue weighted by Gasteiger charge is -2.14. The van der Waals surface area contributed by atoms with Gasteiger partial charge in [-0.1, -0.05) is 23.8 Å². The molecule has 0 saturated carbocycles. The van der Waals surface area contributed by atoms with E-state index in [-0.39, 0.29) is 12.2 Å². The van der Waals surface area contributed by atoms with Gasteiger partial charge in [0.25, 0.3) is 0 Å². The average molecular weight is 394 g/mol. The van der Waals surface area contributed by atoms with E-state index in [2.05, 4.69) is 6.08 Å². The SMILES string of the molecule is COCCOC(=O)c1c(N)n(CCC2=CCCCC2)c2nc3ccccc3nc12. The Kier molecular flexibility index (Phi) is 5.76. The summed E-state index contributed by atoms with van der Waals surface area (Å²) in [5.74, 6) is -0.140. The van der Waals surface area contributed by atoms with Crippen LogP contribution in [-0.2, 0) is 16.0 Å². The van der Waals surface area contributed by atoms with Gasteiger partial charge in [0.15, 0.2) is 5.65 Å². The number of hydrogen-bond donors (Lipinski definition) is 1. The average Bonchev–Trinajstić information content (AvgIpc) is 3.01. The molecule has 2 aromatic heterocycles. The Labute approximate surface area is 169 Å². The molecule has 0 aliphatic heterocycles. The first-order chi connectivity index (χ1) is 14.2. The number of nitrogens with zero attached hydrogens (tertiary/aromatic N) is 3. The number of aromatic nitrogens is 3. The lowest BCUT2D eigenvalue weighted by Crippen LogP contribution is -2.13. The van der Waals surface area contributed by atoms with Crippen LogP contribution in [0.3, 0.4) is 0 Å². The number of nitrogens with two attached hydrogens (primary N) is 1. The molecule has 0 fully saturated rings. The highest BCUT2D eigenvalue weighted by atomic mass is 16.6. The fourth-order valence-electron chi connectivity index (χ4n) is 3.82. The second-order valence-corrected chi connectivity index (χ2v) is 7.28. The van der Waals surface area contributed by atoms with Crippen LogP contribution in [-0.4, -0.2) is 40.8 Å². The van der Waals surface area contributed by atoms with Crippen molar-refractivity contribution in [2.24, 2.45) is 0 Å². The standard InChI is InChI=1S/C22H26N4O3/c1-28-13-14-29-22(27)18-19-21(25-17-10-6-5-9-16(17)24-19)26(20(18)23)12-11-15-7-3-2-4-8-15/h5-7,9-10H,2-4,8,11-14,23H2,1H3. The number of methoxy groups -OCH3 is 1. The van der Waals surface area contributed by atoms with Crippen LogP contribution in [0.4, 0.5) is 5.82 Å². The van der Waals surface area contributed by atoms with Gasteiger partial charge in [0.05, 0.1) is 17.6 Å². The Morgan fingerprint density at radius 3 is 2.69 bits per heavy atom. The molecule has 29 heavy (non-hydrogen) atoms. The van der Waals surface area contributed by atoms with E-state index in [1.807, 2.05) is 28.8 Å². The molecular weight excluding hydrogens is 368 g/mol. The van der Waals surface area contributed by atoms with E-state index in [4.69, 9.17) is 25.2 Å². The molecule has 152 valence electrons. The molecule has 1 aliphatic carbocycles. The van der Waals surface area contributed by atoms with Gasteiger partial charge in [-0.05, 0) is 44.2 Å². The maximum absolute atomic E-state index is 12.8. The smallest absolute Gasteiger partial charge is 0.344 e. The summed E-state index contributed by atoms with van der Waals surface area (Å²) in [5.41, 5.74) is 10.8. The lowest BCUT2D eigenvalue weighted by molar-refractivity contribution is 0.0391. The van der Waals surface area contributed by atoms with E-state index < -0.39 is 5.97 Å². The predicted molar refractivity (Wildman–Crippen MR) is 113 cm³/mol. The van der Waals surface area contributed by atoms with Gasteiger partial charge >= 0.3 is 5.97 Å². The number of para-hydroxylation sites is 2. The Balaban J connectivity index is 1.76. The maximum atomic E-state index is 12.8. The van der Waals surface area contributed by atoms with Crippen LogP contribution in [0.1, 0.15) is 42.5 Å². The van der Waals surface area contributed by atoms with Gasteiger partial charge in [-0.2, -0.15) is 0 Å². The van der Waals surface area contributed by atoms with Crippen LogP contribution in [0.2, 0.25) is 0 Å². The third kappa shape index (κ3) is 3.96. The zero-order valence-corrected chi connectivity index (χ0v) is 16.7. The minimum Gasteiger partial charge on any atom is -0.459 e. The van der Waals surface area contributed by atoms with E-state index in [0.29, 0.717) is 30.1 Å². The number of carbonyl (C=O) groups is 1. The molecule has 0 atom stereocenters. The number of ether oxygens (including phenoxy) is 2. The third-order valence-electron chi connectivity index (χ3n) is 5.36. The maximum Gasteiger partial charge on any atom is 0.344 e. The highest BCUT2D eigenvalue weighted by Gasteiger charge is 2.25. The summed E-state index contributed by atoms with van der Waals surface area (Å²) in [6.45, 7) is 1.15. The first-order valence-electron chi connectivity index (χ1n) is 10.1. The van der Waals surface area contributed by atoms with Crippen molar-refractivity contribution in [3.8, 4) is 0 Å². The van der Waals surface area contributed by atoms with Crippen molar-refractivity contribution in [3.05, 3.63) is 41.5 Å². The van der Waals surface area contributed by atoms with Crippen molar-refractivity contribution in [3.63, 3.8) is 0 Å². The van der Waals surface area contributed by atoms with Crippen molar-refractivity contribution in [2.45, 2.75) is 38.6 Å². The van der Waals surface area contributed by atoms with E-state index >= 15 is 0 Å². The third-order valence-corrected chi connectivity index (χ3v) is 5.36. The molecule has 0 saturated heterocycles. The van der Waals surface area contributed by atoms with Crippen molar-refractivity contribution in [1.29, 1.82) is 0 Å². The van der Waals surface area contributed by atoms with Gasteiger partial charge in [0, 0.05) is 13.7 Å². The van der Waals surface area contributed by atoms with Crippen LogP contribution in [0.5, 0.6) is 0 Å². The molecule has 7 heteroatoms. The van der Waals surface area contributed by atoms with E-state index in [1.165, 1.54) is 18.4 Å². The summed E-state index contributed by atoms with van der Waals surface area (Å²) < 4.78 is 12.2. The van der Waals surface area contributed by atoms with Crippen molar-refractivity contribution >= 4 is 34.0 Å². The fraction of sp³-hybridized carbons (Fsp3) is 0.409. The molecule has 0 bridgehead atoms. The molecule has 1 aromatic carbocycles. The number of allylic oxidation sites excluding steroid dienone is 2. The van der Waals surface area contributed by atoms with E-state index in [9.17, 15) is 4.79 Å². The Bertz CT molecular complexity index is 1070. The summed E-state index contributed by atoms with van der Waals surface area (Å²) in [6, 6.07) is 7.61. The minimum atomic E-state index is -0.496. The molecule has 0 amide bonds. The molecular formula is C22H26N4O3. The van der Waals surface area contributed by atoms with Crippen LogP contribution < -0.4 is 5.73 Å². The highest BCUT2D eigenvalue weighted by molar-refractivity contribution is 6.08. The number of aryl methyl sites for hydroxylation is 1. The molecule has 4 rings (SSSR count).